The minimum absolute atomic E-state index is 0. The summed E-state index contributed by atoms with van der Waals surface area (Å²) in [7, 11) is 0. The molecular formula is C20H27ClN2O2. The Morgan fingerprint density at radius 3 is 2.32 bits per heavy atom. The molecule has 2 N–H and O–H groups in total. The summed E-state index contributed by atoms with van der Waals surface area (Å²) in [5, 5.41) is 12.8. The van der Waals surface area contributed by atoms with E-state index in [4.69, 9.17) is 4.74 Å². The molecule has 3 rings (SSSR count). The van der Waals surface area contributed by atoms with E-state index >= 15 is 0 Å². The minimum Gasteiger partial charge on any atom is -0.489 e. The number of piperazine rings is 1. The van der Waals surface area contributed by atoms with E-state index in [1.165, 1.54) is 11.1 Å². The highest BCUT2D eigenvalue weighted by Gasteiger charge is 2.21. The first-order valence-electron chi connectivity index (χ1n) is 8.69. The number of benzene rings is 2. The van der Waals surface area contributed by atoms with Crippen molar-refractivity contribution in [3.63, 3.8) is 0 Å². The van der Waals surface area contributed by atoms with Crippen LogP contribution in [0.5, 0.6) is 5.75 Å². The molecule has 1 fully saturated rings. The van der Waals surface area contributed by atoms with Crippen LogP contribution in [0.4, 0.5) is 0 Å². The predicted molar refractivity (Wildman–Crippen MR) is 103 cm³/mol. The molecular weight excluding hydrogens is 336 g/mol. The number of nitrogens with one attached hydrogen (secondary N) is 1. The van der Waals surface area contributed by atoms with Gasteiger partial charge < -0.3 is 15.2 Å². The lowest BCUT2D eigenvalue weighted by Gasteiger charge is -2.35. The van der Waals surface area contributed by atoms with Crippen LogP contribution in [0.15, 0.2) is 54.6 Å². The zero-order valence-electron chi connectivity index (χ0n) is 14.4. The maximum Gasteiger partial charge on any atom is 0.119 e. The normalized spacial score (nSPS) is 16.0. The average Bonchev–Trinajstić information content (AvgIpc) is 2.66. The van der Waals surface area contributed by atoms with Crippen LogP contribution in [0.3, 0.4) is 0 Å². The maximum atomic E-state index is 9.43. The number of hydrogen-bond acceptors (Lipinski definition) is 4. The number of rotatable bonds is 7. The van der Waals surface area contributed by atoms with Gasteiger partial charge in [-0.15, -0.1) is 12.4 Å². The fourth-order valence-corrected chi connectivity index (χ4v) is 3.20. The van der Waals surface area contributed by atoms with Crippen molar-refractivity contribution in [3.8, 4) is 5.75 Å². The van der Waals surface area contributed by atoms with Gasteiger partial charge in [-0.3, -0.25) is 4.90 Å². The van der Waals surface area contributed by atoms with Gasteiger partial charge >= 0.3 is 0 Å². The van der Waals surface area contributed by atoms with Crippen LogP contribution in [0.25, 0.3) is 0 Å². The lowest BCUT2D eigenvalue weighted by molar-refractivity contribution is 0.141. The van der Waals surface area contributed by atoms with E-state index < -0.39 is 0 Å². The van der Waals surface area contributed by atoms with Crippen molar-refractivity contribution in [2.45, 2.75) is 19.1 Å². The van der Waals surface area contributed by atoms with Crippen molar-refractivity contribution >= 4 is 12.4 Å². The van der Waals surface area contributed by atoms with E-state index in [0.717, 1.165) is 38.3 Å². The van der Waals surface area contributed by atoms with Crippen LogP contribution in [0, 0.1) is 0 Å². The summed E-state index contributed by atoms with van der Waals surface area (Å²) >= 11 is 0. The molecule has 5 heteroatoms. The van der Waals surface area contributed by atoms with E-state index in [1.807, 2.05) is 30.3 Å². The molecule has 0 unspecified atom stereocenters. The lowest BCUT2D eigenvalue weighted by atomic mass is 10.0. The standard InChI is InChI=1S/C20H26N2O2.ClH/c23-15-10-20(22-13-11-21-12-14-22)18-6-8-19(9-7-18)24-16-17-4-2-1-3-5-17;/h1-9,20-21,23H,10-16H2;1H/t20-;/m1./s1. The van der Waals surface area contributed by atoms with Crippen molar-refractivity contribution in [2.75, 3.05) is 32.8 Å². The summed E-state index contributed by atoms with van der Waals surface area (Å²) < 4.78 is 5.86. The Balaban J connectivity index is 0.00000225. The van der Waals surface area contributed by atoms with Gasteiger partial charge in [0.1, 0.15) is 12.4 Å². The molecule has 1 aliphatic rings. The van der Waals surface area contributed by atoms with Gasteiger partial charge in [-0.25, -0.2) is 0 Å². The highest BCUT2D eigenvalue weighted by Crippen LogP contribution is 2.26. The van der Waals surface area contributed by atoms with E-state index in [-0.39, 0.29) is 25.1 Å². The van der Waals surface area contributed by atoms with Gasteiger partial charge in [-0.05, 0) is 29.7 Å². The van der Waals surface area contributed by atoms with E-state index in [2.05, 4.69) is 34.5 Å². The monoisotopic (exact) mass is 362 g/mol. The molecule has 1 saturated heterocycles. The van der Waals surface area contributed by atoms with Crippen molar-refractivity contribution in [1.29, 1.82) is 0 Å². The largest absolute Gasteiger partial charge is 0.489 e. The van der Waals surface area contributed by atoms with Gasteiger partial charge in [0.15, 0.2) is 0 Å². The van der Waals surface area contributed by atoms with Crippen molar-refractivity contribution < 1.29 is 9.84 Å². The van der Waals surface area contributed by atoms with Crippen LogP contribution < -0.4 is 10.1 Å². The molecule has 2 aromatic rings. The summed E-state index contributed by atoms with van der Waals surface area (Å²) in [4.78, 5) is 2.45. The SMILES string of the molecule is Cl.OCC[C@H](c1ccc(OCc2ccccc2)cc1)N1CCNCC1. The molecule has 25 heavy (non-hydrogen) atoms. The van der Waals surface area contributed by atoms with Gasteiger partial charge in [0, 0.05) is 38.8 Å². The zero-order chi connectivity index (χ0) is 16.6. The number of hydrogen-bond donors (Lipinski definition) is 2. The topological polar surface area (TPSA) is 44.7 Å². The third-order valence-electron chi connectivity index (χ3n) is 4.51. The molecule has 136 valence electrons. The first kappa shape index (κ1) is 19.7. The first-order chi connectivity index (χ1) is 11.9. The third-order valence-corrected chi connectivity index (χ3v) is 4.51. The Labute approximate surface area is 156 Å². The molecule has 0 saturated carbocycles. The summed E-state index contributed by atoms with van der Waals surface area (Å²) in [6.07, 6.45) is 0.768. The highest BCUT2D eigenvalue weighted by atomic mass is 35.5. The second-order valence-corrected chi connectivity index (χ2v) is 6.16. The van der Waals surface area contributed by atoms with Gasteiger partial charge in [0.25, 0.3) is 0 Å². The van der Waals surface area contributed by atoms with E-state index in [9.17, 15) is 5.11 Å². The number of nitrogens with zero attached hydrogens (tertiary/aromatic N) is 1. The van der Waals surface area contributed by atoms with Crippen molar-refractivity contribution in [3.05, 3.63) is 65.7 Å². The highest BCUT2D eigenvalue weighted by molar-refractivity contribution is 5.85. The molecule has 4 nitrogen and oxygen atoms in total. The summed E-state index contributed by atoms with van der Waals surface area (Å²) in [6.45, 7) is 4.87. The van der Waals surface area contributed by atoms with E-state index in [0.29, 0.717) is 6.61 Å². The van der Waals surface area contributed by atoms with Gasteiger partial charge in [0.05, 0.1) is 0 Å². The smallest absolute Gasteiger partial charge is 0.119 e. The Morgan fingerprint density at radius 2 is 1.68 bits per heavy atom. The molecule has 0 spiro atoms. The van der Waals surface area contributed by atoms with Crippen LogP contribution in [0.1, 0.15) is 23.6 Å². The Hall–Kier alpha value is -1.59. The van der Waals surface area contributed by atoms with Crippen LogP contribution in [-0.2, 0) is 6.61 Å². The average molecular weight is 363 g/mol. The Kier molecular flexibility index (Phi) is 8.22. The van der Waals surface area contributed by atoms with Gasteiger partial charge in [0.2, 0.25) is 0 Å². The lowest BCUT2D eigenvalue weighted by Crippen LogP contribution is -2.45. The van der Waals surface area contributed by atoms with Crippen LogP contribution in [0.2, 0.25) is 0 Å². The summed E-state index contributed by atoms with van der Waals surface area (Å²) in [5.41, 5.74) is 2.42. The fourth-order valence-electron chi connectivity index (χ4n) is 3.20. The summed E-state index contributed by atoms with van der Waals surface area (Å²) in [6, 6.07) is 18.8. The molecule has 1 aliphatic heterocycles. The Morgan fingerprint density at radius 1 is 1.00 bits per heavy atom. The zero-order valence-corrected chi connectivity index (χ0v) is 15.3. The van der Waals surface area contributed by atoms with Gasteiger partial charge in [-0.1, -0.05) is 42.5 Å². The second kappa shape index (κ2) is 10.4. The fraction of sp³-hybridized carbons (Fsp3) is 0.400. The molecule has 0 bridgehead atoms. The molecule has 0 radical (unpaired) electrons. The number of ether oxygens (including phenoxy) is 1. The minimum atomic E-state index is 0. The first-order valence-corrected chi connectivity index (χ1v) is 8.69. The predicted octanol–water partition coefficient (Wildman–Crippen LogP) is 3.02. The number of halogens is 1. The number of aliphatic hydroxyl groups is 1. The van der Waals surface area contributed by atoms with E-state index in [1.54, 1.807) is 0 Å². The second-order valence-electron chi connectivity index (χ2n) is 6.16. The molecule has 0 aromatic heterocycles. The van der Waals surface area contributed by atoms with Crippen LogP contribution >= 0.6 is 12.4 Å². The molecule has 1 atom stereocenters. The van der Waals surface area contributed by atoms with Crippen molar-refractivity contribution in [1.82, 2.24) is 10.2 Å². The maximum absolute atomic E-state index is 9.43. The molecule has 0 aliphatic carbocycles. The Bertz CT molecular complexity index is 601. The quantitative estimate of drug-likeness (QED) is 0.794. The molecule has 2 aromatic carbocycles. The third kappa shape index (κ3) is 5.72. The van der Waals surface area contributed by atoms with Gasteiger partial charge in [-0.2, -0.15) is 0 Å². The van der Waals surface area contributed by atoms with Crippen LogP contribution in [-0.4, -0.2) is 42.8 Å². The number of aliphatic hydroxyl groups excluding tert-OH is 1. The molecule has 1 heterocycles. The van der Waals surface area contributed by atoms with Crippen molar-refractivity contribution in [2.24, 2.45) is 0 Å². The summed E-state index contributed by atoms with van der Waals surface area (Å²) in [5.74, 6) is 0.880. The molecule has 0 amide bonds.